The third kappa shape index (κ3) is 3.71. The lowest BCUT2D eigenvalue weighted by Crippen LogP contribution is -2.25. The lowest BCUT2D eigenvalue weighted by Gasteiger charge is -2.05. The number of unbranched alkanes of at least 4 members (excludes halogenated alkanes) is 1. The van der Waals surface area contributed by atoms with Gasteiger partial charge < -0.3 is 9.84 Å². The Hall–Kier alpha value is -2.67. The number of fused-ring (bicyclic) bond motifs is 1. The van der Waals surface area contributed by atoms with Crippen LogP contribution in [0, 0.1) is 0 Å². The van der Waals surface area contributed by atoms with E-state index in [0.717, 1.165) is 18.4 Å². The van der Waals surface area contributed by atoms with Gasteiger partial charge in [0.1, 0.15) is 5.52 Å². The fourth-order valence-electron chi connectivity index (χ4n) is 2.68. The van der Waals surface area contributed by atoms with E-state index >= 15 is 0 Å². The molecule has 0 fully saturated rings. The molecule has 0 unspecified atom stereocenters. The number of aliphatic hydroxyl groups excluding tert-OH is 1. The van der Waals surface area contributed by atoms with Gasteiger partial charge in [-0.1, -0.05) is 43.7 Å². The van der Waals surface area contributed by atoms with E-state index in [0.29, 0.717) is 24.3 Å². The Labute approximate surface area is 145 Å². The van der Waals surface area contributed by atoms with Gasteiger partial charge in [-0.05, 0) is 12.0 Å². The molecular formula is C18H22N4O3. The summed E-state index contributed by atoms with van der Waals surface area (Å²) < 4.78 is 8.66. The minimum atomic E-state index is -0.215. The van der Waals surface area contributed by atoms with E-state index in [1.165, 1.54) is 4.57 Å². The predicted octanol–water partition coefficient (Wildman–Crippen LogP) is 1.81. The summed E-state index contributed by atoms with van der Waals surface area (Å²) in [6.07, 6.45) is 3.53. The van der Waals surface area contributed by atoms with E-state index in [4.69, 9.17) is 4.74 Å². The van der Waals surface area contributed by atoms with Crippen molar-refractivity contribution in [3.8, 4) is 6.01 Å². The maximum atomic E-state index is 12.8. The standard InChI is InChI=1S/C18H22N4O3/c1-2-3-11-25-17-19-12-15-16(20-17)22(18(24)21(15)9-10-23)13-14-7-5-4-6-8-14/h4-8,12,23H,2-3,9-11,13H2,1H3. The lowest BCUT2D eigenvalue weighted by molar-refractivity contribution is 0.275. The summed E-state index contributed by atoms with van der Waals surface area (Å²) in [7, 11) is 0. The quantitative estimate of drug-likeness (QED) is 0.631. The monoisotopic (exact) mass is 342 g/mol. The average molecular weight is 342 g/mol. The van der Waals surface area contributed by atoms with Crippen molar-refractivity contribution in [3.05, 3.63) is 52.6 Å². The number of hydrogen-bond acceptors (Lipinski definition) is 5. The average Bonchev–Trinajstić information content (AvgIpc) is 2.89. The van der Waals surface area contributed by atoms with Crippen molar-refractivity contribution in [2.45, 2.75) is 32.9 Å². The predicted molar refractivity (Wildman–Crippen MR) is 94.8 cm³/mol. The van der Waals surface area contributed by atoms with E-state index < -0.39 is 0 Å². The van der Waals surface area contributed by atoms with Crippen LogP contribution in [0.1, 0.15) is 25.3 Å². The Morgan fingerprint density at radius 1 is 1.20 bits per heavy atom. The van der Waals surface area contributed by atoms with Crippen LogP contribution in [0.15, 0.2) is 41.3 Å². The van der Waals surface area contributed by atoms with Crippen LogP contribution in [-0.2, 0) is 13.1 Å². The number of benzene rings is 1. The van der Waals surface area contributed by atoms with Crippen molar-refractivity contribution in [3.63, 3.8) is 0 Å². The summed E-state index contributed by atoms with van der Waals surface area (Å²) >= 11 is 0. The maximum Gasteiger partial charge on any atom is 0.330 e. The van der Waals surface area contributed by atoms with Gasteiger partial charge >= 0.3 is 11.7 Å². The zero-order valence-corrected chi connectivity index (χ0v) is 14.3. The van der Waals surface area contributed by atoms with Crippen LogP contribution in [0.3, 0.4) is 0 Å². The van der Waals surface area contributed by atoms with Crippen LogP contribution in [0.4, 0.5) is 0 Å². The van der Waals surface area contributed by atoms with Crippen LogP contribution in [0.5, 0.6) is 6.01 Å². The topological polar surface area (TPSA) is 82.2 Å². The van der Waals surface area contributed by atoms with Gasteiger partial charge in [-0.25, -0.2) is 9.78 Å². The number of nitrogens with zero attached hydrogens (tertiary/aromatic N) is 4. The van der Waals surface area contributed by atoms with Crippen molar-refractivity contribution >= 4 is 11.2 Å². The van der Waals surface area contributed by atoms with E-state index in [1.807, 2.05) is 30.3 Å². The zero-order chi connectivity index (χ0) is 17.6. The number of aliphatic hydroxyl groups is 1. The molecule has 132 valence electrons. The van der Waals surface area contributed by atoms with E-state index in [2.05, 4.69) is 16.9 Å². The van der Waals surface area contributed by atoms with Crippen LogP contribution in [0.25, 0.3) is 11.2 Å². The number of hydrogen-bond donors (Lipinski definition) is 1. The molecule has 2 aromatic heterocycles. The molecule has 25 heavy (non-hydrogen) atoms. The van der Waals surface area contributed by atoms with Gasteiger partial charge in [0, 0.05) is 0 Å². The maximum absolute atomic E-state index is 12.8. The summed E-state index contributed by atoms with van der Waals surface area (Å²) in [4.78, 5) is 21.4. The molecule has 0 spiro atoms. The third-order valence-electron chi connectivity index (χ3n) is 3.97. The molecule has 0 saturated carbocycles. The first-order valence-electron chi connectivity index (χ1n) is 8.48. The van der Waals surface area contributed by atoms with E-state index in [-0.39, 0.29) is 24.9 Å². The van der Waals surface area contributed by atoms with Gasteiger partial charge in [0.2, 0.25) is 0 Å². The van der Waals surface area contributed by atoms with E-state index in [1.54, 1.807) is 10.8 Å². The second kappa shape index (κ2) is 7.94. The van der Waals surface area contributed by atoms with Crippen LogP contribution in [0.2, 0.25) is 0 Å². The highest BCUT2D eigenvalue weighted by Gasteiger charge is 2.16. The zero-order valence-electron chi connectivity index (χ0n) is 14.3. The number of imidazole rings is 1. The van der Waals surface area contributed by atoms with Crippen molar-refractivity contribution in [2.75, 3.05) is 13.2 Å². The summed E-state index contributed by atoms with van der Waals surface area (Å²) in [6.45, 7) is 3.11. The van der Waals surface area contributed by atoms with Gasteiger partial charge in [-0.15, -0.1) is 0 Å². The van der Waals surface area contributed by atoms with Crippen LogP contribution < -0.4 is 10.4 Å². The Morgan fingerprint density at radius 3 is 2.72 bits per heavy atom. The molecule has 0 aliphatic rings. The smallest absolute Gasteiger partial charge is 0.330 e. The van der Waals surface area contributed by atoms with Gasteiger partial charge in [-0.2, -0.15) is 4.98 Å². The van der Waals surface area contributed by atoms with Crippen molar-refractivity contribution in [2.24, 2.45) is 0 Å². The van der Waals surface area contributed by atoms with Gasteiger partial charge in [-0.3, -0.25) is 9.13 Å². The minimum Gasteiger partial charge on any atom is -0.463 e. The minimum absolute atomic E-state index is 0.126. The molecule has 1 N–H and O–H groups in total. The largest absolute Gasteiger partial charge is 0.463 e. The Bertz CT molecular complexity index is 886. The van der Waals surface area contributed by atoms with Crippen LogP contribution >= 0.6 is 0 Å². The highest BCUT2D eigenvalue weighted by molar-refractivity contribution is 5.71. The number of aromatic nitrogens is 4. The summed E-state index contributed by atoms with van der Waals surface area (Å²) in [5, 5.41) is 9.27. The van der Waals surface area contributed by atoms with Gasteiger partial charge in [0.05, 0.1) is 32.5 Å². The van der Waals surface area contributed by atoms with Crippen LogP contribution in [-0.4, -0.2) is 37.4 Å². The lowest BCUT2D eigenvalue weighted by atomic mass is 10.2. The molecule has 0 atom stereocenters. The molecular weight excluding hydrogens is 320 g/mol. The second-order valence-electron chi connectivity index (χ2n) is 5.79. The molecule has 2 heterocycles. The first-order chi connectivity index (χ1) is 12.2. The summed E-state index contributed by atoms with van der Waals surface area (Å²) in [6, 6.07) is 9.99. The van der Waals surface area contributed by atoms with Crippen molar-refractivity contribution in [1.29, 1.82) is 0 Å². The molecule has 7 heteroatoms. The highest BCUT2D eigenvalue weighted by atomic mass is 16.5. The molecule has 0 bridgehead atoms. The Morgan fingerprint density at radius 2 is 2.00 bits per heavy atom. The highest BCUT2D eigenvalue weighted by Crippen LogP contribution is 2.15. The molecule has 7 nitrogen and oxygen atoms in total. The normalized spacial score (nSPS) is 11.1. The summed E-state index contributed by atoms with van der Waals surface area (Å²) in [5.41, 5.74) is 1.90. The molecule has 0 aliphatic heterocycles. The first-order valence-corrected chi connectivity index (χ1v) is 8.48. The Balaban J connectivity index is 2.04. The number of ether oxygens (including phenoxy) is 1. The molecule has 0 saturated heterocycles. The third-order valence-corrected chi connectivity index (χ3v) is 3.97. The molecule has 1 aromatic carbocycles. The fourth-order valence-corrected chi connectivity index (χ4v) is 2.68. The molecule has 3 rings (SSSR count). The van der Waals surface area contributed by atoms with Gasteiger partial charge in [0.15, 0.2) is 5.65 Å². The van der Waals surface area contributed by atoms with Crippen molar-refractivity contribution < 1.29 is 9.84 Å². The molecule has 3 aromatic rings. The summed E-state index contributed by atoms with van der Waals surface area (Å²) in [5.74, 6) is 0. The van der Waals surface area contributed by atoms with Crippen molar-refractivity contribution in [1.82, 2.24) is 19.1 Å². The van der Waals surface area contributed by atoms with E-state index in [9.17, 15) is 9.90 Å². The SMILES string of the molecule is CCCCOc1ncc2c(n1)n(Cc1ccccc1)c(=O)n2CCO. The second-order valence-corrected chi connectivity index (χ2v) is 5.79. The first kappa shape index (κ1) is 17.2. The number of rotatable bonds is 8. The Kier molecular flexibility index (Phi) is 5.45. The molecule has 0 amide bonds. The fraction of sp³-hybridized carbons (Fsp3) is 0.389. The molecule has 0 radical (unpaired) electrons. The van der Waals surface area contributed by atoms with Gasteiger partial charge in [0.25, 0.3) is 0 Å². The molecule has 0 aliphatic carbocycles.